The molecule has 24 heavy (non-hydrogen) atoms. The van der Waals surface area contributed by atoms with Crippen molar-refractivity contribution in [3.8, 4) is 0 Å². The van der Waals surface area contributed by atoms with Crippen LogP contribution in [0.4, 0.5) is 0 Å². The van der Waals surface area contributed by atoms with Gasteiger partial charge in [-0.1, -0.05) is 24.3 Å². The number of rotatable bonds is 4. The molecule has 0 unspecified atom stereocenters. The van der Waals surface area contributed by atoms with Crippen LogP contribution in [0.15, 0.2) is 24.3 Å². The second kappa shape index (κ2) is 5.83. The van der Waals surface area contributed by atoms with Crippen LogP contribution in [0.1, 0.15) is 52.0 Å². The third-order valence-corrected chi connectivity index (χ3v) is 7.58. The van der Waals surface area contributed by atoms with E-state index in [9.17, 15) is 8.42 Å². The van der Waals surface area contributed by atoms with E-state index < -0.39 is 10.0 Å². The summed E-state index contributed by atoms with van der Waals surface area (Å²) in [6.07, 6.45) is 1.36. The topological polar surface area (TPSA) is 64.6 Å². The minimum absolute atomic E-state index is 0.268. The zero-order valence-electron chi connectivity index (χ0n) is 15.0. The lowest BCUT2D eigenvalue weighted by Gasteiger charge is -2.34. The predicted molar refractivity (Wildman–Crippen MR) is 95.9 cm³/mol. The van der Waals surface area contributed by atoms with Crippen LogP contribution in [0, 0.1) is 0 Å². The molecule has 1 saturated carbocycles. The van der Waals surface area contributed by atoms with Crippen molar-refractivity contribution < 1.29 is 17.7 Å². The van der Waals surface area contributed by atoms with Gasteiger partial charge in [0, 0.05) is 0 Å². The first-order valence-electron chi connectivity index (χ1n) is 8.43. The van der Waals surface area contributed by atoms with Crippen molar-refractivity contribution in [2.45, 2.75) is 62.9 Å². The number of benzene rings is 1. The summed E-state index contributed by atoms with van der Waals surface area (Å²) in [4.78, 5) is 0. The standard InChI is InChI=1S/C17H26BNO4S/c1-16(2)17(3,4)23-18(22-16)14-8-6-12(7-9-14)13-10-15(11-13)24(20,21)19-5/h6-9,13,15,19H,10-11H2,1-5H3. The first kappa shape index (κ1) is 17.9. The number of hydrogen-bond donors (Lipinski definition) is 1. The minimum Gasteiger partial charge on any atom is -0.399 e. The van der Waals surface area contributed by atoms with E-state index in [0.29, 0.717) is 18.8 Å². The van der Waals surface area contributed by atoms with E-state index in [1.54, 1.807) is 0 Å². The minimum atomic E-state index is -3.14. The Morgan fingerprint density at radius 1 is 1.04 bits per heavy atom. The largest absolute Gasteiger partial charge is 0.494 e. The molecule has 1 heterocycles. The van der Waals surface area contributed by atoms with Crippen molar-refractivity contribution in [3.63, 3.8) is 0 Å². The summed E-state index contributed by atoms with van der Waals surface area (Å²) in [5.41, 5.74) is 1.48. The molecule has 1 aromatic rings. The van der Waals surface area contributed by atoms with E-state index >= 15 is 0 Å². The smallest absolute Gasteiger partial charge is 0.399 e. The SMILES string of the molecule is CNS(=O)(=O)C1CC(c2ccc(B3OC(C)(C)C(C)(C)O3)cc2)C1. The molecule has 1 aromatic carbocycles. The molecular formula is C17H26BNO4S. The Kier molecular flexibility index (Phi) is 4.36. The Hall–Kier alpha value is -0.885. The number of nitrogens with one attached hydrogen (secondary N) is 1. The summed E-state index contributed by atoms with van der Waals surface area (Å²) in [7, 11) is -2.02. The number of hydrogen-bond acceptors (Lipinski definition) is 4. The van der Waals surface area contributed by atoms with Crippen LogP contribution in [0.3, 0.4) is 0 Å². The fraction of sp³-hybridized carbons (Fsp3) is 0.647. The van der Waals surface area contributed by atoms with E-state index in [1.165, 1.54) is 12.6 Å². The molecular weight excluding hydrogens is 325 g/mol. The Morgan fingerprint density at radius 3 is 2.00 bits per heavy atom. The van der Waals surface area contributed by atoms with Gasteiger partial charge in [0.25, 0.3) is 0 Å². The van der Waals surface area contributed by atoms with Crippen molar-refractivity contribution in [1.82, 2.24) is 4.72 Å². The molecule has 0 spiro atoms. The molecule has 1 aliphatic heterocycles. The predicted octanol–water partition coefficient (Wildman–Crippen LogP) is 1.78. The summed E-state index contributed by atoms with van der Waals surface area (Å²) >= 11 is 0. The van der Waals surface area contributed by atoms with Gasteiger partial charge in [-0.25, -0.2) is 13.1 Å². The maximum Gasteiger partial charge on any atom is 0.494 e. The molecule has 1 aliphatic carbocycles. The third-order valence-electron chi connectivity index (χ3n) is 5.75. The van der Waals surface area contributed by atoms with Gasteiger partial charge in [0.2, 0.25) is 10.0 Å². The molecule has 1 N–H and O–H groups in total. The molecule has 0 bridgehead atoms. The van der Waals surface area contributed by atoms with Crippen LogP contribution >= 0.6 is 0 Å². The first-order valence-corrected chi connectivity index (χ1v) is 9.98. The van der Waals surface area contributed by atoms with Gasteiger partial charge in [-0.05, 0) is 64.5 Å². The molecule has 5 nitrogen and oxygen atoms in total. The molecule has 0 amide bonds. The fourth-order valence-electron chi connectivity index (χ4n) is 3.16. The Morgan fingerprint density at radius 2 is 1.54 bits per heavy atom. The highest BCUT2D eigenvalue weighted by atomic mass is 32.2. The van der Waals surface area contributed by atoms with Gasteiger partial charge in [0.1, 0.15) is 0 Å². The molecule has 0 aromatic heterocycles. The van der Waals surface area contributed by atoms with Crippen molar-refractivity contribution in [1.29, 1.82) is 0 Å². The van der Waals surface area contributed by atoms with Crippen LogP contribution in [0.2, 0.25) is 0 Å². The second-order valence-electron chi connectivity index (χ2n) is 7.79. The molecule has 2 fully saturated rings. The van der Waals surface area contributed by atoms with Gasteiger partial charge < -0.3 is 9.31 Å². The molecule has 0 radical (unpaired) electrons. The van der Waals surface area contributed by atoms with E-state index in [4.69, 9.17) is 9.31 Å². The lowest BCUT2D eigenvalue weighted by Crippen LogP contribution is -2.41. The zero-order chi connectivity index (χ0) is 17.8. The van der Waals surface area contributed by atoms with Crippen LogP contribution in [-0.4, -0.2) is 39.0 Å². The molecule has 7 heteroatoms. The molecule has 3 rings (SSSR count). The van der Waals surface area contributed by atoms with Crippen LogP contribution < -0.4 is 10.2 Å². The van der Waals surface area contributed by atoms with Gasteiger partial charge in [-0.3, -0.25) is 0 Å². The average molecular weight is 351 g/mol. The van der Waals surface area contributed by atoms with E-state index in [1.807, 2.05) is 39.8 Å². The molecule has 2 aliphatic rings. The maximum atomic E-state index is 11.8. The van der Waals surface area contributed by atoms with E-state index in [2.05, 4.69) is 16.9 Å². The molecule has 1 saturated heterocycles. The quantitative estimate of drug-likeness (QED) is 0.840. The van der Waals surface area contributed by atoms with Crippen molar-refractivity contribution >= 4 is 22.6 Å². The first-order chi connectivity index (χ1) is 11.1. The average Bonchev–Trinajstić information content (AvgIpc) is 2.66. The summed E-state index contributed by atoms with van der Waals surface area (Å²) in [5.74, 6) is 0.311. The highest BCUT2D eigenvalue weighted by Crippen LogP contribution is 2.40. The summed E-state index contributed by atoms with van der Waals surface area (Å²) in [5, 5.41) is -0.268. The monoisotopic (exact) mass is 351 g/mol. The molecule has 0 atom stereocenters. The lowest BCUT2D eigenvalue weighted by atomic mass is 9.75. The lowest BCUT2D eigenvalue weighted by molar-refractivity contribution is 0.00578. The summed E-state index contributed by atoms with van der Waals surface area (Å²) in [6.45, 7) is 8.16. The van der Waals surface area contributed by atoms with Crippen LogP contribution in [-0.2, 0) is 19.3 Å². The zero-order valence-corrected chi connectivity index (χ0v) is 15.8. The van der Waals surface area contributed by atoms with E-state index in [0.717, 1.165) is 5.46 Å². The van der Waals surface area contributed by atoms with Gasteiger partial charge >= 0.3 is 7.12 Å². The fourth-order valence-corrected chi connectivity index (χ4v) is 4.47. The van der Waals surface area contributed by atoms with Crippen LogP contribution in [0.25, 0.3) is 0 Å². The summed E-state index contributed by atoms with van der Waals surface area (Å²) in [6, 6.07) is 8.18. The normalized spacial score (nSPS) is 28.6. The number of sulfonamides is 1. The van der Waals surface area contributed by atoms with Gasteiger partial charge in [0.05, 0.1) is 16.5 Å². The van der Waals surface area contributed by atoms with Crippen LogP contribution in [0.5, 0.6) is 0 Å². The van der Waals surface area contributed by atoms with Crippen molar-refractivity contribution in [3.05, 3.63) is 29.8 Å². The second-order valence-corrected chi connectivity index (χ2v) is 9.96. The van der Waals surface area contributed by atoms with Crippen molar-refractivity contribution in [2.75, 3.05) is 7.05 Å². The Balaban J connectivity index is 1.66. The Labute approximate surface area is 145 Å². The molecule has 132 valence electrons. The maximum absolute atomic E-state index is 11.8. The Bertz CT molecular complexity index is 693. The highest BCUT2D eigenvalue weighted by molar-refractivity contribution is 7.90. The van der Waals surface area contributed by atoms with Gasteiger partial charge in [-0.2, -0.15) is 0 Å². The van der Waals surface area contributed by atoms with Crippen molar-refractivity contribution in [2.24, 2.45) is 0 Å². The third kappa shape index (κ3) is 3.03. The van der Waals surface area contributed by atoms with Gasteiger partial charge in [0.15, 0.2) is 0 Å². The summed E-state index contributed by atoms with van der Waals surface area (Å²) < 4.78 is 38.1. The highest BCUT2D eigenvalue weighted by Gasteiger charge is 2.51. The van der Waals surface area contributed by atoms with Gasteiger partial charge in [-0.15, -0.1) is 0 Å². The van der Waals surface area contributed by atoms with E-state index in [-0.39, 0.29) is 23.6 Å².